The van der Waals surface area contributed by atoms with E-state index in [0.29, 0.717) is 48.9 Å². The Morgan fingerprint density at radius 2 is 1.70 bits per heavy atom. The van der Waals surface area contributed by atoms with Gasteiger partial charge in [0.05, 0.1) is 12.6 Å². The third-order valence-electron chi connectivity index (χ3n) is 7.13. The van der Waals surface area contributed by atoms with Gasteiger partial charge in [0.1, 0.15) is 5.75 Å². The van der Waals surface area contributed by atoms with E-state index in [2.05, 4.69) is 0 Å². The summed E-state index contributed by atoms with van der Waals surface area (Å²) < 4.78 is 5.76. The lowest BCUT2D eigenvalue weighted by atomic mass is 9.89. The summed E-state index contributed by atoms with van der Waals surface area (Å²) in [6.45, 7) is 6.54. The molecule has 4 rings (SSSR count). The van der Waals surface area contributed by atoms with E-state index in [4.69, 9.17) is 21.4 Å². The molecule has 8 nitrogen and oxygen atoms in total. The number of anilines is 2. The van der Waals surface area contributed by atoms with E-state index in [0.717, 1.165) is 16.9 Å². The van der Waals surface area contributed by atoms with Crippen LogP contribution in [0.2, 0.25) is 5.02 Å². The second kappa shape index (κ2) is 12.9. The van der Waals surface area contributed by atoms with Crippen molar-refractivity contribution in [2.75, 3.05) is 29.5 Å². The van der Waals surface area contributed by atoms with Gasteiger partial charge in [0.15, 0.2) is 0 Å². The molecule has 0 aromatic heterocycles. The molecule has 9 heteroatoms. The molecule has 3 aromatic carbocycles. The summed E-state index contributed by atoms with van der Waals surface area (Å²) in [6, 6.07) is 21.5. The Hall–Kier alpha value is -4.04. The first-order chi connectivity index (χ1) is 19.2. The van der Waals surface area contributed by atoms with Crippen LogP contribution in [0.4, 0.5) is 16.2 Å². The van der Waals surface area contributed by atoms with Gasteiger partial charge in [-0.2, -0.15) is 0 Å². The Morgan fingerprint density at radius 3 is 2.33 bits per heavy atom. The molecule has 1 aliphatic heterocycles. The minimum Gasteiger partial charge on any atom is -0.494 e. The van der Waals surface area contributed by atoms with Crippen LogP contribution in [0.15, 0.2) is 72.8 Å². The molecule has 1 N–H and O–H groups in total. The molecule has 3 amide bonds. The molecule has 0 radical (unpaired) electrons. The number of fused-ring (bicyclic) bond motifs is 1. The molecule has 210 valence electrons. The minimum atomic E-state index is -0.941. The molecular formula is C31H34ClN3O5. The molecule has 0 unspecified atom stereocenters. The van der Waals surface area contributed by atoms with Crippen LogP contribution in [0, 0.1) is 0 Å². The molecule has 0 saturated carbocycles. The van der Waals surface area contributed by atoms with E-state index in [9.17, 15) is 14.4 Å². The van der Waals surface area contributed by atoms with Crippen molar-refractivity contribution in [1.82, 2.24) is 4.90 Å². The monoisotopic (exact) mass is 563 g/mol. The molecule has 3 aromatic rings. The summed E-state index contributed by atoms with van der Waals surface area (Å²) in [5.41, 5.74) is 2.96. The number of carbonyl (C=O) groups excluding carboxylic acids is 2. The summed E-state index contributed by atoms with van der Waals surface area (Å²) in [4.78, 5) is 42.6. The summed E-state index contributed by atoms with van der Waals surface area (Å²) in [5, 5.41) is 9.71. The van der Waals surface area contributed by atoms with Crippen molar-refractivity contribution in [3.8, 4) is 5.75 Å². The second-order valence-corrected chi connectivity index (χ2v) is 10.2. The normalized spacial score (nSPS) is 16.1. The van der Waals surface area contributed by atoms with Gasteiger partial charge in [0.25, 0.3) is 5.91 Å². The van der Waals surface area contributed by atoms with E-state index in [1.54, 1.807) is 60.0 Å². The third-order valence-corrected chi connectivity index (χ3v) is 7.38. The molecule has 0 saturated heterocycles. The smallest absolute Gasteiger partial charge is 0.407 e. The number of halogens is 1. The van der Waals surface area contributed by atoms with Gasteiger partial charge in [-0.15, -0.1) is 0 Å². The lowest BCUT2D eigenvalue weighted by molar-refractivity contribution is -0.117. The SMILES string of the molecule is CCN(CCCOc1ccc(C(=O)N2c3ccccc3[C@H](N(C(C)=O)c3ccc(Cl)cc3)C[C@@H]2C)cc1)C(=O)O. The molecule has 40 heavy (non-hydrogen) atoms. The predicted molar refractivity (Wildman–Crippen MR) is 157 cm³/mol. The summed E-state index contributed by atoms with van der Waals surface area (Å²) in [5.74, 6) is 0.392. The van der Waals surface area contributed by atoms with E-state index in [1.165, 1.54) is 4.90 Å². The Kier molecular flexibility index (Phi) is 9.32. The van der Waals surface area contributed by atoms with E-state index in [1.807, 2.05) is 43.3 Å². The highest BCUT2D eigenvalue weighted by atomic mass is 35.5. The predicted octanol–water partition coefficient (Wildman–Crippen LogP) is 6.64. The lowest BCUT2D eigenvalue weighted by Crippen LogP contribution is -2.47. The second-order valence-electron chi connectivity index (χ2n) is 9.79. The summed E-state index contributed by atoms with van der Waals surface area (Å²) >= 11 is 6.09. The van der Waals surface area contributed by atoms with E-state index < -0.39 is 6.09 Å². The van der Waals surface area contributed by atoms with Gasteiger partial charge < -0.3 is 24.5 Å². The van der Waals surface area contributed by atoms with Gasteiger partial charge in [0, 0.05) is 48.0 Å². The number of rotatable bonds is 9. The number of amides is 3. The van der Waals surface area contributed by atoms with Gasteiger partial charge in [-0.3, -0.25) is 9.59 Å². The van der Waals surface area contributed by atoms with Crippen LogP contribution in [-0.2, 0) is 4.79 Å². The summed E-state index contributed by atoms with van der Waals surface area (Å²) in [7, 11) is 0. The first kappa shape index (κ1) is 29.0. The van der Waals surface area contributed by atoms with Crippen molar-refractivity contribution in [2.24, 2.45) is 0 Å². The highest BCUT2D eigenvalue weighted by Gasteiger charge is 2.38. The van der Waals surface area contributed by atoms with Gasteiger partial charge in [-0.25, -0.2) is 4.79 Å². The van der Waals surface area contributed by atoms with Crippen LogP contribution in [0.5, 0.6) is 5.75 Å². The van der Waals surface area contributed by atoms with Crippen LogP contribution >= 0.6 is 11.6 Å². The van der Waals surface area contributed by atoms with Crippen LogP contribution in [0.25, 0.3) is 0 Å². The van der Waals surface area contributed by atoms with Crippen molar-refractivity contribution >= 4 is 40.9 Å². The lowest BCUT2D eigenvalue weighted by Gasteiger charge is -2.43. The van der Waals surface area contributed by atoms with Gasteiger partial charge in [-0.1, -0.05) is 29.8 Å². The van der Waals surface area contributed by atoms with Crippen molar-refractivity contribution in [2.45, 2.75) is 45.7 Å². The van der Waals surface area contributed by atoms with E-state index in [-0.39, 0.29) is 23.9 Å². The minimum absolute atomic E-state index is 0.0879. The fourth-order valence-electron chi connectivity index (χ4n) is 5.19. The van der Waals surface area contributed by atoms with Crippen LogP contribution in [0.3, 0.4) is 0 Å². The Bertz CT molecular complexity index is 1350. The first-order valence-corrected chi connectivity index (χ1v) is 13.8. The van der Waals surface area contributed by atoms with Crippen LogP contribution < -0.4 is 14.5 Å². The first-order valence-electron chi connectivity index (χ1n) is 13.4. The van der Waals surface area contributed by atoms with Crippen LogP contribution in [-0.4, -0.2) is 53.7 Å². The topological polar surface area (TPSA) is 90.4 Å². The molecular weight excluding hydrogens is 530 g/mol. The third kappa shape index (κ3) is 6.39. The zero-order chi connectivity index (χ0) is 28.8. The molecule has 0 aliphatic carbocycles. The number of hydrogen-bond acceptors (Lipinski definition) is 4. The number of para-hydroxylation sites is 1. The fraction of sp³-hybridized carbons (Fsp3) is 0.323. The van der Waals surface area contributed by atoms with Crippen LogP contribution in [0.1, 0.15) is 55.6 Å². The molecule has 0 bridgehead atoms. The number of ether oxygens (including phenoxy) is 1. The molecule has 2 atom stereocenters. The zero-order valence-corrected chi connectivity index (χ0v) is 23.7. The summed E-state index contributed by atoms with van der Waals surface area (Å²) in [6.07, 6.45) is 0.193. The molecule has 1 aliphatic rings. The highest BCUT2D eigenvalue weighted by Crippen LogP contribution is 2.43. The molecule has 1 heterocycles. The van der Waals surface area contributed by atoms with Crippen molar-refractivity contribution in [1.29, 1.82) is 0 Å². The maximum Gasteiger partial charge on any atom is 0.407 e. The number of hydrogen-bond donors (Lipinski definition) is 1. The standard InChI is InChI=1S/C31H34ClN3O5/c1-4-33(31(38)39)18-7-19-40-26-16-10-23(11-17-26)30(37)34-21(2)20-29(27-8-5-6-9-28(27)34)35(22(3)36)25-14-12-24(32)13-15-25/h5-6,8-17,21,29H,4,7,18-20H2,1-3H3,(H,38,39)/t21-,29+/m0/s1. The molecule has 0 spiro atoms. The molecule has 0 fully saturated rings. The highest BCUT2D eigenvalue weighted by molar-refractivity contribution is 6.30. The van der Waals surface area contributed by atoms with Gasteiger partial charge in [-0.05, 0) is 86.8 Å². The average Bonchev–Trinajstić information content (AvgIpc) is 2.94. The van der Waals surface area contributed by atoms with Crippen molar-refractivity contribution < 1.29 is 24.2 Å². The van der Waals surface area contributed by atoms with Crippen molar-refractivity contribution in [3.63, 3.8) is 0 Å². The maximum atomic E-state index is 13.8. The number of carboxylic acid groups (broad SMARTS) is 1. The van der Waals surface area contributed by atoms with Gasteiger partial charge >= 0.3 is 6.09 Å². The van der Waals surface area contributed by atoms with Crippen molar-refractivity contribution in [3.05, 3.63) is 88.9 Å². The van der Waals surface area contributed by atoms with E-state index >= 15 is 0 Å². The quantitative estimate of drug-likeness (QED) is 0.295. The Labute approximate surface area is 239 Å². The fourth-order valence-corrected chi connectivity index (χ4v) is 5.31. The Morgan fingerprint density at radius 1 is 1.02 bits per heavy atom. The van der Waals surface area contributed by atoms with Gasteiger partial charge in [0.2, 0.25) is 5.91 Å². The Balaban J connectivity index is 1.51. The zero-order valence-electron chi connectivity index (χ0n) is 22.9. The number of carbonyl (C=O) groups is 3. The number of benzene rings is 3. The maximum absolute atomic E-state index is 13.8. The number of nitrogens with zero attached hydrogens (tertiary/aromatic N) is 3. The average molecular weight is 564 g/mol. The largest absolute Gasteiger partial charge is 0.494 e.